The minimum Gasteiger partial charge on any atom is -0.496 e. The Morgan fingerprint density at radius 2 is 0.683 bits per heavy atom. The van der Waals surface area contributed by atoms with E-state index in [2.05, 4.69) is 19.7 Å². The van der Waals surface area contributed by atoms with Crippen molar-refractivity contribution in [2.24, 2.45) is 7.05 Å². The van der Waals surface area contributed by atoms with Gasteiger partial charge in [0, 0.05) is 57.7 Å². The first kappa shape index (κ1) is 66.7. The molecule has 0 aliphatic rings. The Bertz CT molecular complexity index is 3560. The highest BCUT2D eigenvalue weighted by Crippen LogP contribution is 2.36. The Morgan fingerprint density at radius 1 is 0.415 bits per heavy atom. The van der Waals surface area contributed by atoms with Gasteiger partial charge in [-0.1, -0.05) is 32.1 Å². The van der Waals surface area contributed by atoms with E-state index < -0.39 is 95.3 Å². The maximum atomic E-state index is 13.2. The molecule has 0 aliphatic carbocycles. The molecule has 0 aliphatic heterocycles. The molecule has 3 aromatic heterocycles. The number of aromatic nitrogens is 9. The van der Waals surface area contributed by atoms with Crippen LogP contribution in [-0.4, -0.2) is 128 Å². The lowest BCUT2D eigenvalue weighted by Crippen LogP contribution is -2.57. The summed E-state index contributed by atoms with van der Waals surface area (Å²) >= 11 is 0. The molecular formula is C54H75N9O19. The second kappa shape index (κ2) is 31.4. The highest BCUT2D eigenvalue weighted by molar-refractivity contribution is 5.71. The fourth-order valence-corrected chi connectivity index (χ4v) is 8.70. The van der Waals surface area contributed by atoms with E-state index in [1.807, 2.05) is 24.3 Å². The average Bonchev–Trinajstić information content (AvgIpc) is 3.61. The SMILES string of the molecule is C=CCn1c(=O)n(C)c(=O)n(CC(O)Cn2c(=O)n(CC=C)c(=O)n(CC(O)CC)c2=O)c1=O.C=CCn1c(=O)n(CC(O)CC)c(=O)n(CC(O)COc2c(COC)cc(-c3cc(COC)c(OC)c(COC)c3)cc2COC)c1=O. The third-order valence-electron chi connectivity index (χ3n) is 12.8. The molecule has 5 aromatic rings. The van der Waals surface area contributed by atoms with Crippen molar-refractivity contribution in [1.29, 1.82) is 0 Å². The Morgan fingerprint density at radius 3 is 0.988 bits per heavy atom. The van der Waals surface area contributed by atoms with Crippen molar-refractivity contribution in [2.75, 3.05) is 42.2 Å². The number of hydrogen-bond donors (Lipinski definition) is 4. The van der Waals surface area contributed by atoms with Crippen LogP contribution in [0.3, 0.4) is 0 Å². The van der Waals surface area contributed by atoms with E-state index in [0.717, 1.165) is 47.6 Å². The summed E-state index contributed by atoms with van der Waals surface area (Å²) in [5.74, 6) is 1.09. The van der Waals surface area contributed by atoms with Gasteiger partial charge in [0.05, 0.1) is 104 Å². The van der Waals surface area contributed by atoms with Crippen LogP contribution in [0.15, 0.2) is 105 Å². The molecule has 82 heavy (non-hydrogen) atoms. The molecule has 0 saturated heterocycles. The van der Waals surface area contributed by atoms with Gasteiger partial charge in [-0.3, -0.25) is 0 Å². The largest absolute Gasteiger partial charge is 0.496 e. The first-order chi connectivity index (χ1) is 39.1. The van der Waals surface area contributed by atoms with Crippen LogP contribution in [0.4, 0.5) is 0 Å². The quantitative estimate of drug-likeness (QED) is 0.0357. The van der Waals surface area contributed by atoms with Gasteiger partial charge in [-0.2, -0.15) is 0 Å². The van der Waals surface area contributed by atoms with Gasteiger partial charge in [-0.15, -0.1) is 19.7 Å². The number of aliphatic hydroxyl groups excluding tert-OH is 4. The van der Waals surface area contributed by atoms with Gasteiger partial charge >= 0.3 is 51.2 Å². The number of benzene rings is 2. The molecule has 4 unspecified atom stereocenters. The highest BCUT2D eigenvalue weighted by Gasteiger charge is 2.24. The van der Waals surface area contributed by atoms with Crippen LogP contribution in [-0.2, 0) is 105 Å². The molecule has 0 bridgehead atoms. The van der Waals surface area contributed by atoms with Gasteiger partial charge in [0.15, 0.2) is 0 Å². The third kappa shape index (κ3) is 15.8. The number of methoxy groups -OCH3 is 5. The maximum Gasteiger partial charge on any atom is 0.336 e. The molecule has 2 aromatic carbocycles. The summed E-state index contributed by atoms with van der Waals surface area (Å²) in [5.41, 5.74) is -3.92. The van der Waals surface area contributed by atoms with E-state index in [0.29, 0.717) is 58.7 Å². The summed E-state index contributed by atoms with van der Waals surface area (Å²) in [7, 11) is 9.07. The second-order valence-corrected chi connectivity index (χ2v) is 18.8. The summed E-state index contributed by atoms with van der Waals surface area (Å²) in [6, 6.07) is 7.77. The Kier molecular flexibility index (Phi) is 25.5. The van der Waals surface area contributed by atoms with Crippen LogP contribution in [0.1, 0.15) is 48.9 Å². The normalized spacial score (nSPS) is 12.7. The van der Waals surface area contributed by atoms with E-state index in [1.54, 1.807) is 49.4 Å². The molecule has 4 atom stereocenters. The zero-order chi connectivity index (χ0) is 61.1. The van der Waals surface area contributed by atoms with Gasteiger partial charge in [-0.05, 0) is 48.2 Å². The summed E-state index contributed by atoms with van der Waals surface area (Å²) in [6.07, 6.45) is -0.545. The molecule has 5 rings (SSSR count). The van der Waals surface area contributed by atoms with Gasteiger partial charge < -0.3 is 48.8 Å². The number of ether oxygens (including phenoxy) is 6. The molecule has 28 nitrogen and oxygen atoms in total. The predicted molar refractivity (Wildman–Crippen MR) is 301 cm³/mol. The van der Waals surface area contributed by atoms with Gasteiger partial charge in [0.1, 0.15) is 24.2 Å². The molecule has 0 saturated carbocycles. The standard InChI is InChI=1S/C34H47N3O11.C20H28N6O8/c1-8-10-35-32(40)36(15-28(38)9-2)34(42)37(33(35)41)16-29(39)21-48-31-26(19-45-5)13-23(14-27(31)20-46-6)22-11-24(17-43-3)30(47-7)25(12-22)18-44-4;1-5-8-22-15(29)21(4)16(30)24(17(22)31)11-14(28)12-26-19(33)23(9-6-2)18(32)25(20(26)34)10-13(27)7-3/h8,11-14,28-29,38-39H,1,9-10,15-21H2,2-7H3;5-6,13-14,27-28H,1-2,7-12H2,3-4H3. The molecule has 0 radical (unpaired) electrons. The first-order valence-electron chi connectivity index (χ1n) is 25.9. The number of aliphatic hydroxyl groups is 4. The van der Waals surface area contributed by atoms with Gasteiger partial charge in [-0.25, -0.2) is 84.3 Å². The minimum atomic E-state index is -1.61. The zero-order valence-electron chi connectivity index (χ0n) is 47.5. The molecular weight excluding hydrogens is 1080 g/mol. The maximum absolute atomic E-state index is 13.2. The van der Waals surface area contributed by atoms with E-state index in [-0.39, 0.29) is 65.4 Å². The number of hydrogen-bond acceptors (Lipinski definition) is 19. The monoisotopic (exact) mass is 1150 g/mol. The molecule has 0 fully saturated rings. The van der Waals surface area contributed by atoms with Crippen LogP contribution in [0.5, 0.6) is 11.5 Å². The van der Waals surface area contributed by atoms with Crippen LogP contribution in [0.2, 0.25) is 0 Å². The lowest BCUT2D eigenvalue weighted by Gasteiger charge is -2.21. The van der Waals surface area contributed by atoms with Crippen molar-refractivity contribution in [3.05, 3.63) is 179 Å². The first-order valence-corrected chi connectivity index (χ1v) is 25.9. The summed E-state index contributed by atoms with van der Waals surface area (Å²) in [5, 5.41) is 41.6. The lowest BCUT2D eigenvalue weighted by molar-refractivity contribution is 0.0838. The van der Waals surface area contributed by atoms with Crippen LogP contribution in [0.25, 0.3) is 11.1 Å². The van der Waals surface area contributed by atoms with Crippen LogP contribution < -0.4 is 60.7 Å². The fraction of sp³-hybridized carbons (Fsp3) is 0.500. The summed E-state index contributed by atoms with van der Waals surface area (Å²) < 4.78 is 40.0. The van der Waals surface area contributed by atoms with Crippen molar-refractivity contribution in [2.45, 2.75) is 130 Å². The Hall–Kier alpha value is -7.83. The third-order valence-corrected chi connectivity index (χ3v) is 12.8. The number of rotatable bonds is 31. The smallest absolute Gasteiger partial charge is 0.336 e. The fourth-order valence-electron chi connectivity index (χ4n) is 8.70. The van der Waals surface area contributed by atoms with Crippen molar-refractivity contribution in [3.8, 4) is 22.6 Å². The van der Waals surface area contributed by atoms with Crippen molar-refractivity contribution in [1.82, 2.24) is 41.1 Å². The molecule has 0 amide bonds. The van der Waals surface area contributed by atoms with Crippen molar-refractivity contribution < 1.29 is 48.8 Å². The molecule has 0 spiro atoms. The van der Waals surface area contributed by atoms with Crippen molar-refractivity contribution >= 4 is 0 Å². The van der Waals surface area contributed by atoms with E-state index >= 15 is 0 Å². The van der Waals surface area contributed by atoms with Gasteiger partial charge in [0.2, 0.25) is 0 Å². The molecule has 4 N–H and O–H groups in total. The second-order valence-electron chi connectivity index (χ2n) is 18.8. The Labute approximate surface area is 469 Å². The van der Waals surface area contributed by atoms with Crippen LogP contribution in [0, 0.1) is 0 Å². The predicted octanol–water partition coefficient (Wildman–Crippen LogP) is -1.77. The van der Waals surface area contributed by atoms with Crippen molar-refractivity contribution in [3.63, 3.8) is 0 Å². The van der Waals surface area contributed by atoms with E-state index in [9.17, 15) is 63.6 Å². The summed E-state index contributed by atoms with van der Waals surface area (Å²) in [6.45, 7) is 11.4. The number of nitrogens with zero attached hydrogens (tertiary/aromatic N) is 9. The number of allylic oxidation sites excluding steroid dienone is 3. The molecule has 450 valence electrons. The molecule has 3 heterocycles. The van der Waals surface area contributed by atoms with E-state index in [4.69, 9.17) is 28.4 Å². The topological polar surface area (TPSA) is 334 Å². The average molecular weight is 1150 g/mol. The molecule has 28 heteroatoms. The lowest BCUT2D eigenvalue weighted by atomic mass is 9.95. The zero-order valence-corrected chi connectivity index (χ0v) is 47.5. The van der Waals surface area contributed by atoms with E-state index in [1.165, 1.54) is 18.2 Å². The minimum absolute atomic E-state index is 0.159. The highest BCUT2D eigenvalue weighted by atomic mass is 16.5. The Balaban J connectivity index is 0.000000374. The van der Waals surface area contributed by atoms with Crippen LogP contribution >= 0.6 is 0 Å². The summed E-state index contributed by atoms with van der Waals surface area (Å²) in [4.78, 5) is 115. The van der Waals surface area contributed by atoms with Gasteiger partial charge in [0.25, 0.3) is 0 Å².